The highest BCUT2D eigenvalue weighted by atomic mass is 32.2. The van der Waals surface area contributed by atoms with Crippen molar-refractivity contribution in [2.45, 2.75) is 38.1 Å². The Kier molecular flexibility index (Phi) is 6.36. The average molecular weight is 428 g/mol. The lowest BCUT2D eigenvalue weighted by atomic mass is 10.0. The lowest BCUT2D eigenvalue weighted by Crippen LogP contribution is -2.41. The molecule has 3 N–H and O–H groups in total. The fourth-order valence-corrected chi connectivity index (χ4v) is 5.31. The van der Waals surface area contributed by atoms with Crippen LogP contribution in [0.4, 0.5) is 5.69 Å². The largest absolute Gasteiger partial charge is 0.381 e. The fraction of sp³-hybridized carbons (Fsp3) is 0.409. The minimum absolute atomic E-state index is 0.0232. The Morgan fingerprint density at radius 1 is 1.20 bits per heavy atom. The average Bonchev–Trinajstić information content (AvgIpc) is 3.16. The SMILES string of the molecule is CCNS(=O)(=O)Cc1cccc(CN2CCC[C@H](Nc3ccc4[nH]ncc4c3)C2)c1. The number of nitrogens with zero attached hydrogens (tertiary/aromatic N) is 2. The van der Waals surface area contributed by atoms with Crippen molar-refractivity contribution in [1.29, 1.82) is 0 Å². The van der Waals surface area contributed by atoms with Crippen LogP contribution in [-0.4, -0.2) is 49.2 Å². The molecule has 1 aliphatic heterocycles. The number of hydrogen-bond acceptors (Lipinski definition) is 5. The highest BCUT2D eigenvalue weighted by Crippen LogP contribution is 2.21. The molecule has 160 valence electrons. The van der Waals surface area contributed by atoms with Crippen molar-refractivity contribution < 1.29 is 8.42 Å². The van der Waals surface area contributed by atoms with Gasteiger partial charge >= 0.3 is 0 Å². The Balaban J connectivity index is 1.37. The number of H-pyrrole nitrogens is 1. The van der Waals surface area contributed by atoms with Gasteiger partial charge in [-0.25, -0.2) is 13.1 Å². The maximum absolute atomic E-state index is 12.0. The number of piperidine rings is 1. The molecule has 0 saturated carbocycles. The van der Waals surface area contributed by atoms with Gasteiger partial charge in [-0.2, -0.15) is 5.10 Å². The predicted octanol–water partition coefficient (Wildman–Crippen LogP) is 3.08. The van der Waals surface area contributed by atoms with Crippen LogP contribution in [0, 0.1) is 0 Å². The molecule has 2 heterocycles. The molecular weight excluding hydrogens is 398 g/mol. The number of nitrogens with one attached hydrogen (secondary N) is 3. The highest BCUT2D eigenvalue weighted by molar-refractivity contribution is 7.88. The molecule has 1 saturated heterocycles. The van der Waals surface area contributed by atoms with Crippen LogP contribution in [0.5, 0.6) is 0 Å². The molecule has 0 radical (unpaired) electrons. The highest BCUT2D eigenvalue weighted by Gasteiger charge is 2.20. The normalized spacial score (nSPS) is 18.0. The molecule has 3 aromatic rings. The van der Waals surface area contributed by atoms with Crippen molar-refractivity contribution in [3.05, 3.63) is 59.8 Å². The summed E-state index contributed by atoms with van der Waals surface area (Å²) in [6, 6.07) is 14.6. The molecule has 7 nitrogen and oxygen atoms in total. The van der Waals surface area contributed by atoms with Gasteiger partial charge in [0.05, 0.1) is 17.5 Å². The Labute approximate surface area is 177 Å². The van der Waals surface area contributed by atoms with Gasteiger partial charge in [0.15, 0.2) is 0 Å². The van der Waals surface area contributed by atoms with Crippen LogP contribution in [0.25, 0.3) is 10.9 Å². The minimum Gasteiger partial charge on any atom is -0.381 e. The maximum atomic E-state index is 12.0. The maximum Gasteiger partial charge on any atom is 0.215 e. The van der Waals surface area contributed by atoms with E-state index in [9.17, 15) is 8.42 Å². The van der Waals surface area contributed by atoms with E-state index in [0.29, 0.717) is 12.6 Å². The Bertz CT molecular complexity index is 1100. The van der Waals surface area contributed by atoms with Gasteiger partial charge in [-0.1, -0.05) is 31.2 Å². The van der Waals surface area contributed by atoms with Crippen LogP contribution < -0.4 is 10.0 Å². The third-order valence-corrected chi connectivity index (χ3v) is 6.88. The molecule has 0 bridgehead atoms. The summed E-state index contributed by atoms with van der Waals surface area (Å²) in [5.74, 6) is 0.0232. The first kappa shape index (κ1) is 20.8. The van der Waals surface area contributed by atoms with Crippen LogP contribution in [0.3, 0.4) is 0 Å². The Morgan fingerprint density at radius 2 is 2.07 bits per heavy atom. The lowest BCUT2D eigenvalue weighted by molar-refractivity contribution is 0.208. The van der Waals surface area contributed by atoms with E-state index in [1.54, 1.807) is 6.92 Å². The minimum atomic E-state index is -3.27. The van der Waals surface area contributed by atoms with Crippen LogP contribution in [-0.2, 0) is 22.3 Å². The number of rotatable bonds is 8. The number of aromatic amines is 1. The zero-order valence-electron chi connectivity index (χ0n) is 17.3. The van der Waals surface area contributed by atoms with E-state index in [1.807, 2.05) is 24.4 Å². The second-order valence-electron chi connectivity index (χ2n) is 7.97. The first-order valence-electron chi connectivity index (χ1n) is 10.5. The molecule has 2 aromatic carbocycles. The van der Waals surface area contributed by atoms with E-state index in [4.69, 9.17) is 0 Å². The molecule has 0 spiro atoms. The molecule has 0 aliphatic carbocycles. The van der Waals surface area contributed by atoms with Crippen molar-refractivity contribution in [2.75, 3.05) is 25.0 Å². The third kappa shape index (κ3) is 5.38. The van der Waals surface area contributed by atoms with Gasteiger partial charge in [0, 0.05) is 36.7 Å². The number of anilines is 1. The van der Waals surface area contributed by atoms with Crippen LogP contribution in [0.15, 0.2) is 48.7 Å². The van der Waals surface area contributed by atoms with Gasteiger partial charge in [-0.15, -0.1) is 0 Å². The summed E-state index contributed by atoms with van der Waals surface area (Å²) in [7, 11) is -3.27. The fourth-order valence-electron chi connectivity index (χ4n) is 4.15. The molecule has 30 heavy (non-hydrogen) atoms. The van der Waals surface area contributed by atoms with Crippen molar-refractivity contribution in [3.63, 3.8) is 0 Å². The second kappa shape index (κ2) is 9.16. The summed E-state index contributed by atoms with van der Waals surface area (Å²) in [6.45, 7) is 5.05. The summed E-state index contributed by atoms with van der Waals surface area (Å²) < 4.78 is 26.7. The number of fused-ring (bicyclic) bond motifs is 1. The van der Waals surface area contributed by atoms with Crippen LogP contribution in [0.1, 0.15) is 30.9 Å². The van der Waals surface area contributed by atoms with Gasteiger partial charge in [0.1, 0.15) is 0 Å². The van der Waals surface area contributed by atoms with E-state index in [1.165, 1.54) is 0 Å². The molecule has 1 fully saturated rings. The second-order valence-corrected chi connectivity index (χ2v) is 9.77. The zero-order chi connectivity index (χ0) is 21.0. The van der Waals surface area contributed by atoms with Crippen molar-refractivity contribution >= 4 is 26.6 Å². The van der Waals surface area contributed by atoms with E-state index in [0.717, 1.165) is 60.2 Å². The van der Waals surface area contributed by atoms with Gasteiger partial charge in [-0.3, -0.25) is 10.00 Å². The summed E-state index contributed by atoms with van der Waals surface area (Å²) in [5.41, 5.74) is 4.14. The van der Waals surface area contributed by atoms with Crippen molar-refractivity contribution in [3.8, 4) is 0 Å². The summed E-state index contributed by atoms with van der Waals surface area (Å²) >= 11 is 0. The monoisotopic (exact) mass is 427 g/mol. The topological polar surface area (TPSA) is 90.1 Å². The first-order valence-corrected chi connectivity index (χ1v) is 12.1. The van der Waals surface area contributed by atoms with E-state index in [-0.39, 0.29) is 5.75 Å². The molecule has 0 amide bonds. The lowest BCUT2D eigenvalue weighted by Gasteiger charge is -2.33. The number of likely N-dealkylation sites (tertiary alicyclic amines) is 1. The molecular formula is C22H29N5O2S. The summed E-state index contributed by atoms with van der Waals surface area (Å²) in [4.78, 5) is 2.44. The predicted molar refractivity (Wildman–Crippen MR) is 121 cm³/mol. The third-order valence-electron chi connectivity index (χ3n) is 5.44. The van der Waals surface area contributed by atoms with Gasteiger partial charge < -0.3 is 5.32 Å². The standard InChI is InChI=1S/C22H29N5O2S/c1-2-24-30(28,29)16-18-6-3-5-17(11-18)14-27-10-4-7-21(15-27)25-20-8-9-22-19(12-20)13-23-26-22/h3,5-6,8-9,11-13,21,24-25H,2,4,7,10,14-16H2,1H3,(H,23,26)/t21-/m0/s1. The van der Waals surface area contributed by atoms with Crippen molar-refractivity contribution in [2.24, 2.45) is 0 Å². The smallest absolute Gasteiger partial charge is 0.215 e. The van der Waals surface area contributed by atoms with E-state index >= 15 is 0 Å². The quantitative estimate of drug-likeness (QED) is 0.514. The van der Waals surface area contributed by atoms with E-state index < -0.39 is 10.0 Å². The van der Waals surface area contributed by atoms with Crippen molar-refractivity contribution in [1.82, 2.24) is 19.8 Å². The number of sulfonamides is 1. The van der Waals surface area contributed by atoms with Crippen LogP contribution >= 0.6 is 0 Å². The molecule has 1 aliphatic rings. The molecule has 4 rings (SSSR count). The number of aromatic nitrogens is 2. The van der Waals surface area contributed by atoms with Gasteiger partial charge in [0.25, 0.3) is 0 Å². The molecule has 1 aromatic heterocycles. The van der Waals surface area contributed by atoms with Gasteiger partial charge in [0.2, 0.25) is 10.0 Å². The first-order chi connectivity index (χ1) is 14.5. The number of benzene rings is 2. The van der Waals surface area contributed by atoms with Crippen LogP contribution in [0.2, 0.25) is 0 Å². The van der Waals surface area contributed by atoms with E-state index in [2.05, 4.69) is 49.4 Å². The zero-order valence-corrected chi connectivity index (χ0v) is 18.1. The Morgan fingerprint density at radius 3 is 2.93 bits per heavy atom. The van der Waals surface area contributed by atoms with Gasteiger partial charge in [-0.05, 0) is 48.7 Å². The number of hydrogen-bond donors (Lipinski definition) is 3. The molecule has 1 atom stereocenters. The summed E-state index contributed by atoms with van der Waals surface area (Å²) in [5, 5.41) is 11.8. The summed E-state index contributed by atoms with van der Waals surface area (Å²) in [6.07, 6.45) is 4.12. The Hall–Kier alpha value is -2.42. The molecule has 0 unspecified atom stereocenters. The molecule has 8 heteroatoms.